The Kier molecular flexibility index (Phi) is 13.0. The third-order valence-corrected chi connectivity index (χ3v) is 1.12. The van der Waals surface area contributed by atoms with E-state index in [0.717, 1.165) is 6.42 Å². The van der Waals surface area contributed by atoms with Gasteiger partial charge in [0, 0.05) is 6.61 Å². The fourth-order valence-electron chi connectivity index (χ4n) is 0.630. The highest BCUT2D eigenvalue weighted by atomic mass is 16.5. The molecule has 4 nitrogen and oxygen atoms in total. The molecule has 0 amide bonds. The zero-order valence-corrected chi connectivity index (χ0v) is 8.62. The van der Waals surface area contributed by atoms with E-state index in [4.69, 9.17) is 10.2 Å². The molecule has 80 valence electrons. The zero-order valence-electron chi connectivity index (χ0n) is 8.62. The van der Waals surface area contributed by atoms with Crippen molar-refractivity contribution in [1.29, 1.82) is 0 Å². The summed E-state index contributed by atoms with van der Waals surface area (Å²) in [5, 5.41) is 16.5. The number of carbonyl (C=O) groups is 1. The van der Waals surface area contributed by atoms with Crippen LogP contribution in [0.2, 0.25) is 0 Å². The minimum absolute atomic E-state index is 0.250. The quantitative estimate of drug-likeness (QED) is 0.644. The van der Waals surface area contributed by atoms with Gasteiger partial charge in [0.15, 0.2) is 6.10 Å². The summed E-state index contributed by atoms with van der Waals surface area (Å²) < 4.78 is 4.57. The molecule has 0 saturated heterocycles. The van der Waals surface area contributed by atoms with Crippen molar-refractivity contribution in [2.75, 3.05) is 13.2 Å². The molecule has 0 radical (unpaired) electrons. The molecule has 0 spiro atoms. The Bertz CT molecular complexity index is 114. The van der Waals surface area contributed by atoms with Crippen molar-refractivity contribution in [2.45, 2.75) is 39.7 Å². The van der Waals surface area contributed by atoms with E-state index < -0.39 is 12.1 Å². The summed E-state index contributed by atoms with van der Waals surface area (Å²) in [6.07, 6.45) is 0.351. The minimum Gasteiger partial charge on any atom is -0.464 e. The van der Waals surface area contributed by atoms with E-state index in [-0.39, 0.29) is 6.61 Å². The van der Waals surface area contributed by atoms with Crippen LogP contribution in [-0.2, 0) is 9.53 Å². The molecule has 0 heterocycles. The first-order valence-corrected chi connectivity index (χ1v) is 4.59. The van der Waals surface area contributed by atoms with Crippen molar-refractivity contribution in [3.8, 4) is 0 Å². The fourth-order valence-corrected chi connectivity index (χ4v) is 0.630. The minimum atomic E-state index is -0.926. The van der Waals surface area contributed by atoms with Crippen LogP contribution in [0.25, 0.3) is 0 Å². The molecule has 0 fully saturated rings. The Hall–Kier alpha value is -0.610. The normalized spacial score (nSPS) is 11.2. The molecule has 1 unspecified atom stereocenters. The Morgan fingerprint density at radius 3 is 2.15 bits per heavy atom. The van der Waals surface area contributed by atoms with Crippen molar-refractivity contribution in [3.05, 3.63) is 0 Å². The van der Waals surface area contributed by atoms with E-state index in [1.54, 1.807) is 13.8 Å². The molecule has 1 atom stereocenters. The van der Waals surface area contributed by atoms with Crippen LogP contribution in [0.15, 0.2) is 0 Å². The number of carbonyl (C=O) groups excluding carboxylic acids is 1. The first kappa shape index (κ1) is 14.9. The number of aliphatic hydroxyl groups excluding tert-OH is 2. The summed E-state index contributed by atoms with van der Waals surface area (Å²) >= 11 is 0. The lowest BCUT2D eigenvalue weighted by molar-refractivity contribution is -0.153. The highest BCUT2D eigenvalue weighted by molar-refractivity contribution is 5.74. The summed E-state index contributed by atoms with van der Waals surface area (Å²) in [5.41, 5.74) is 0. The van der Waals surface area contributed by atoms with Gasteiger partial charge in [0.25, 0.3) is 0 Å². The van der Waals surface area contributed by atoms with Gasteiger partial charge in [-0.2, -0.15) is 0 Å². The van der Waals surface area contributed by atoms with Gasteiger partial charge in [-0.05, 0) is 20.3 Å². The van der Waals surface area contributed by atoms with Gasteiger partial charge in [-0.1, -0.05) is 13.3 Å². The summed E-state index contributed by atoms with van der Waals surface area (Å²) in [5.74, 6) is -0.510. The maximum Gasteiger partial charge on any atom is 0.334 e. The van der Waals surface area contributed by atoms with Gasteiger partial charge in [0.1, 0.15) is 0 Å². The maximum absolute atomic E-state index is 10.7. The lowest BCUT2D eigenvalue weighted by atomic mass is 10.2. The van der Waals surface area contributed by atoms with Gasteiger partial charge in [0.05, 0.1) is 6.61 Å². The number of rotatable bonds is 4. The average molecular weight is 192 g/mol. The van der Waals surface area contributed by atoms with Crippen LogP contribution >= 0.6 is 0 Å². The van der Waals surface area contributed by atoms with Gasteiger partial charge in [-0.25, -0.2) is 4.79 Å². The van der Waals surface area contributed by atoms with Crippen LogP contribution in [0.4, 0.5) is 0 Å². The topological polar surface area (TPSA) is 66.8 Å². The summed E-state index contributed by atoms with van der Waals surface area (Å²) in [6.45, 7) is 5.89. The standard InChI is InChI=1S/C7H14O3.C2H6O/c1-3-5-6(8)7(9)10-4-2;1-2-3/h6,8H,3-5H2,1-2H3;3H,2H2,1H3. The maximum atomic E-state index is 10.7. The molecule has 4 heteroatoms. The van der Waals surface area contributed by atoms with Gasteiger partial charge in [-0.15, -0.1) is 0 Å². The Morgan fingerprint density at radius 1 is 1.38 bits per heavy atom. The third kappa shape index (κ3) is 11.4. The predicted octanol–water partition coefficient (Wildman–Crippen LogP) is 0.709. The lowest BCUT2D eigenvalue weighted by Crippen LogP contribution is -2.22. The molecule has 0 aliphatic heterocycles. The van der Waals surface area contributed by atoms with Gasteiger partial charge in [-0.3, -0.25) is 0 Å². The SMILES string of the molecule is CCCC(O)C(=O)OCC.CCO. The predicted molar refractivity (Wildman–Crippen MR) is 50.3 cm³/mol. The van der Waals surface area contributed by atoms with E-state index >= 15 is 0 Å². The highest BCUT2D eigenvalue weighted by Gasteiger charge is 2.13. The molecule has 0 bridgehead atoms. The second kappa shape index (κ2) is 11.4. The van der Waals surface area contributed by atoms with Crippen molar-refractivity contribution >= 4 is 5.97 Å². The first-order valence-electron chi connectivity index (χ1n) is 4.59. The van der Waals surface area contributed by atoms with Gasteiger partial charge in [0.2, 0.25) is 0 Å². The lowest BCUT2D eigenvalue weighted by Gasteiger charge is -2.06. The molecule has 0 saturated carbocycles. The zero-order chi connectivity index (χ0) is 10.7. The average Bonchev–Trinajstić information content (AvgIpc) is 2.06. The number of aliphatic hydroxyl groups is 2. The summed E-state index contributed by atoms with van der Waals surface area (Å²) in [6, 6.07) is 0. The molecule has 2 N–H and O–H groups in total. The summed E-state index contributed by atoms with van der Waals surface area (Å²) in [7, 11) is 0. The summed E-state index contributed by atoms with van der Waals surface area (Å²) in [4.78, 5) is 10.7. The van der Waals surface area contributed by atoms with Crippen LogP contribution in [0, 0.1) is 0 Å². The fraction of sp³-hybridized carbons (Fsp3) is 0.889. The van der Waals surface area contributed by atoms with E-state index in [1.165, 1.54) is 0 Å². The second-order valence-corrected chi connectivity index (χ2v) is 2.37. The first-order chi connectivity index (χ1) is 6.13. The molecule has 13 heavy (non-hydrogen) atoms. The Labute approximate surface area is 79.5 Å². The molecular formula is C9H20O4. The molecule has 0 aromatic carbocycles. The monoisotopic (exact) mass is 192 g/mol. The third-order valence-electron chi connectivity index (χ3n) is 1.12. The Morgan fingerprint density at radius 2 is 1.85 bits per heavy atom. The van der Waals surface area contributed by atoms with Crippen LogP contribution < -0.4 is 0 Å². The van der Waals surface area contributed by atoms with Crippen LogP contribution in [0.5, 0.6) is 0 Å². The van der Waals surface area contributed by atoms with Crippen LogP contribution in [0.3, 0.4) is 0 Å². The van der Waals surface area contributed by atoms with Crippen LogP contribution in [-0.4, -0.2) is 35.5 Å². The second-order valence-electron chi connectivity index (χ2n) is 2.37. The molecule has 0 aliphatic carbocycles. The van der Waals surface area contributed by atoms with E-state index in [0.29, 0.717) is 13.0 Å². The van der Waals surface area contributed by atoms with Crippen molar-refractivity contribution in [3.63, 3.8) is 0 Å². The number of esters is 1. The highest BCUT2D eigenvalue weighted by Crippen LogP contribution is 1.97. The Balaban J connectivity index is 0. The van der Waals surface area contributed by atoms with Crippen molar-refractivity contribution in [1.82, 2.24) is 0 Å². The molecular weight excluding hydrogens is 172 g/mol. The number of hydrogen-bond donors (Lipinski definition) is 2. The molecule has 0 aliphatic rings. The van der Waals surface area contributed by atoms with E-state index in [9.17, 15) is 4.79 Å². The number of ether oxygens (including phenoxy) is 1. The smallest absolute Gasteiger partial charge is 0.334 e. The van der Waals surface area contributed by atoms with E-state index in [2.05, 4.69) is 4.74 Å². The van der Waals surface area contributed by atoms with Crippen molar-refractivity contribution < 1.29 is 19.7 Å². The van der Waals surface area contributed by atoms with Crippen molar-refractivity contribution in [2.24, 2.45) is 0 Å². The molecule has 0 rings (SSSR count). The largest absolute Gasteiger partial charge is 0.464 e. The van der Waals surface area contributed by atoms with Crippen LogP contribution in [0.1, 0.15) is 33.6 Å². The van der Waals surface area contributed by atoms with E-state index in [1.807, 2.05) is 6.92 Å². The number of hydrogen-bond acceptors (Lipinski definition) is 4. The molecule has 0 aromatic heterocycles. The molecule has 0 aromatic rings. The van der Waals surface area contributed by atoms with Gasteiger partial charge < -0.3 is 14.9 Å². The van der Waals surface area contributed by atoms with Gasteiger partial charge >= 0.3 is 5.97 Å².